The molecule has 4 amide bonds. The van der Waals surface area contributed by atoms with Gasteiger partial charge in [0.05, 0.1) is 119 Å². The second kappa shape index (κ2) is 40.5. The van der Waals surface area contributed by atoms with E-state index < -0.39 is 98.0 Å². The zero-order chi connectivity index (χ0) is 63.8. The number of ether oxygens (including phenoxy) is 2. The van der Waals surface area contributed by atoms with Crippen molar-refractivity contribution in [2.45, 2.75) is 102 Å². The molecule has 2 aromatic rings. The molecule has 28 nitrogen and oxygen atoms in total. The van der Waals surface area contributed by atoms with Crippen LogP contribution in [0.2, 0.25) is 0 Å². The van der Waals surface area contributed by atoms with Crippen LogP contribution in [0.4, 0.5) is 22.7 Å². The quantitative estimate of drug-likeness (QED) is 0.0315. The van der Waals surface area contributed by atoms with E-state index in [4.69, 9.17) is 50.3 Å². The molecule has 10 atom stereocenters. The minimum atomic E-state index is -1.55. The molecule has 0 aliphatic rings. The van der Waals surface area contributed by atoms with Crippen molar-refractivity contribution in [1.82, 2.24) is 10.6 Å². The molecule has 0 aliphatic carbocycles. The third-order valence-corrected chi connectivity index (χ3v) is 17.8. The minimum absolute atomic E-state index is 0.0646. The molecule has 0 radical (unpaired) electrons. The maximum absolute atomic E-state index is 12.8. The fourth-order valence-electron chi connectivity index (χ4n) is 6.94. The van der Waals surface area contributed by atoms with Crippen molar-refractivity contribution in [2.75, 3.05) is 114 Å². The number of halogens is 6. The summed E-state index contributed by atoms with van der Waals surface area (Å²) in [6, 6.07) is 0. The van der Waals surface area contributed by atoms with Gasteiger partial charge in [0.1, 0.15) is 36.6 Å². The van der Waals surface area contributed by atoms with Gasteiger partial charge < -0.3 is 111 Å². The Hall–Kier alpha value is -1.00. The van der Waals surface area contributed by atoms with Crippen LogP contribution in [0.3, 0.4) is 0 Å². The average molecular weight is 1850 g/mol. The fourth-order valence-corrected chi connectivity index (χ4v) is 16.8. The lowest BCUT2D eigenvalue weighted by Crippen LogP contribution is -2.48. The van der Waals surface area contributed by atoms with Crippen molar-refractivity contribution in [3.63, 3.8) is 0 Å². The number of hydrogen-bond donors (Lipinski definition) is 16. The second-order valence-electron chi connectivity index (χ2n) is 17.9. The van der Waals surface area contributed by atoms with Gasteiger partial charge in [0.25, 0.3) is 0 Å². The number of unbranched alkanes of at least 4 members (excludes halogenated alkanes) is 1. The third kappa shape index (κ3) is 24.5. The highest BCUT2D eigenvalue weighted by Crippen LogP contribution is 2.44. The summed E-state index contributed by atoms with van der Waals surface area (Å²) in [7, 11) is 6.18. The van der Waals surface area contributed by atoms with Gasteiger partial charge in [0, 0.05) is 68.1 Å². The largest absolute Gasteiger partial charge is 0.478 e. The number of likely N-dealkylation sites (N-methyl/N-ethyl adjacent to an activating group) is 2. The first kappa shape index (κ1) is 81.0. The van der Waals surface area contributed by atoms with Crippen LogP contribution in [0.1, 0.15) is 61.3 Å². The maximum atomic E-state index is 12.8. The molecule has 0 aliphatic heterocycles. The monoisotopic (exact) mass is 1850 g/mol. The number of aromatic carboxylic acids is 2. The van der Waals surface area contributed by atoms with Gasteiger partial charge in [-0.3, -0.25) is 19.2 Å². The predicted octanol–water partition coefficient (Wildman–Crippen LogP) is -1.10. The van der Waals surface area contributed by atoms with E-state index in [2.05, 4.69) is 10.6 Å². The number of aliphatic hydroxyl groups is 12. The number of amides is 4. The molecule has 0 heterocycles. The van der Waals surface area contributed by atoms with Crippen LogP contribution in [-0.4, -0.2) is 262 Å². The van der Waals surface area contributed by atoms with Gasteiger partial charge in [-0.25, -0.2) is 9.59 Å². The van der Waals surface area contributed by atoms with Crippen molar-refractivity contribution in [3.05, 3.63) is 32.5 Å². The Labute approximate surface area is 556 Å². The lowest BCUT2D eigenvalue weighted by molar-refractivity contribution is -0.117. The molecule has 2 rings (SSSR count). The van der Waals surface area contributed by atoms with Gasteiger partial charge in [0.2, 0.25) is 23.6 Å². The van der Waals surface area contributed by atoms with Crippen LogP contribution >= 0.6 is 136 Å². The lowest BCUT2D eigenvalue weighted by Gasteiger charge is -2.30. The van der Waals surface area contributed by atoms with Crippen LogP contribution in [0.5, 0.6) is 0 Å². The Bertz CT molecular complexity index is 2260. The summed E-state index contributed by atoms with van der Waals surface area (Å²) in [5, 5.41) is 137. The number of anilines is 4. The van der Waals surface area contributed by atoms with E-state index in [0.717, 1.165) is 0 Å². The van der Waals surface area contributed by atoms with Crippen molar-refractivity contribution in [3.8, 4) is 0 Å². The third-order valence-electron chi connectivity index (χ3n) is 11.6. The zero-order valence-corrected chi connectivity index (χ0v) is 58.8. The van der Waals surface area contributed by atoms with Crippen LogP contribution < -0.4 is 30.2 Å². The highest BCUT2D eigenvalue weighted by Gasteiger charge is 2.35. The Kier molecular flexibility index (Phi) is 40.0. The van der Waals surface area contributed by atoms with Crippen molar-refractivity contribution in [1.29, 1.82) is 0 Å². The van der Waals surface area contributed by atoms with Crippen molar-refractivity contribution >= 4 is 194 Å². The molecule has 0 fully saturated rings. The molecule has 0 saturated heterocycles. The Balaban J connectivity index is 0.00000206. The molecule has 0 saturated carbocycles. The van der Waals surface area contributed by atoms with E-state index in [1.54, 1.807) is 14.1 Å². The lowest BCUT2D eigenvalue weighted by atomic mass is 10.0. The van der Waals surface area contributed by atoms with Crippen LogP contribution in [0.15, 0.2) is 0 Å². The molecule has 0 spiro atoms. The number of rotatable bonds is 31. The number of carboxylic acid groups (broad SMARTS) is 2. The highest BCUT2D eigenvalue weighted by molar-refractivity contribution is 14.1. The van der Waals surface area contributed by atoms with Gasteiger partial charge in [0.15, 0.2) is 0 Å². The summed E-state index contributed by atoms with van der Waals surface area (Å²) < 4.78 is 13.5. The Morgan fingerprint density at radius 2 is 0.720 bits per heavy atom. The van der Waals surface area contributed by atoms with Gasteiger partial charge in [-0.1, -0.05) is 0 Å². The molecule has 34 heteroatoms. The fraction of sp³-hybridized carbons (Fsp3) is 0.625. The average Bonchev–Trinajstić information content (AvgIpc) is 3.39. The van der Waals surface area contributed by atoms with E-state index in [0.29, 0.717) is 38.5 Å². The Morgan fingerprint density at radius 1 is 0.451 bits per heavy atom. The molecule has 82 heavy (non-hydrogen) atoms. The van der Waals surface area contributed by atoms with Crippen molar-refractivity contribution in [2.24, 2.45) is 0 Å². The van der Waals surface area contributed by atoms with Crippen molar-refractivity contribution < 1.29 is 110 Å². The molecule has 470 valence electrons. The number of aliphatic hydroxyl groups excluding tert-OH is 12. The predicted molar refractivity (Wildman–Crippen MR) is 350 cm³/mol. The number of hydrogen-bond acceptors (Lipinski definition) is 22. The molecule has 2 aromatic carbocycles. The number of carbonyl (C=O) groups is 6. The summed E-state index contributed by atoms with van der Waals surface area (Å²) >= 11 is 11.4. The first-order valence-corrected chi connectivity index (χ1v) is 30.9. The molecular formula is C48H74I6N6O22. The highest BCUT2D eigenvalue weighted by atomic mass is 127. The van der Waals surface area contributed by atoms with E-state index in [9.17, 15) is 59.4 Å². The minimum Gasteiger partial charge on any atom is -0.478 e. The number of carboxylic acids is 2. The number of nitrogens with one attached hydrogen (secondary N) is 2. The molecule has 2 unspecified atom stereocenters. The number of nitrogens with zero attached hydrogens (tertiary/aromatic N) is 4. The van der Waals surface area contributed by atoms with E-state index in [1.807, 2.05) is 136 Å². The Morgan fingerprint density at radius 3 is 0.951 bits per heavy atom. The van der Waals surface area contributed by atoms with Gasteiger partial charge >= 0.3 is 11.9 Å². The summed E-state index contributed by atoms with van der Waals surface area (Å²) in [5.41, 5.74) is 1.08. The van der Waals surface area contributed by atoms with E-state index in [-0.39, 0.29) is 94.1 Å². The molecule has 0 bridgehead atoms. The van der Waals surface area contributed by atoms with Gasteiger partial charge in [-0.2, -0.15) is 0 Å². The first-order chi connectivity index (χ1) is 38.1. The zero-order valence-electron chi connectivity index (χ0n) is 45.8. The summed E-state index contributed by atoms with van der Waals surface area (Å²) in [6.45, 7) is 3.97. The molecule has 0 aromatic heterocycles. The van der Waals surface area contributed by atoms with Gasteiger partial charge in [-0.05, 0) is 162 Å². The van der Waals surface area contributed by atoms with E-state index in [1.165, 1.54) is 61.4 Å². The standard InChI is InChI=1S/C34H40I6N4O12.2C7H17NO5/c1-15(45)41(5)29-23(35)21(33(51)52)25(37)31(27(29)39)43(17(3)47)11-19(49)13-55-9-7-8-10-56-14-20(50)12-44(18(4)48)32-26(38)22(34(53)54)24(36)30(28(32)40)42(6)16(2)46;2*1-8-2-4(10)6(12)7(13)5(11)3-9/h19-20,49-50H,7-14H2,1-6H3,(H,51,52)(H,53,54);2*4-13H,2-3H2,1H3/t;2*4-,5+,6+,7+/m.00/s1. The van der Waals surface area contributed by atoms with Crippen LogP contribution in [0, 0.1) is 21.4 Å². The SMILES string of the molecule is CC(=O)N(C)c1c(I)c(C(=O)O)c(I)c(N(CC(O)COCCCCOCC(O)CN(C(C)=O)c2c(I)c(C(=O)O)c(I)c(N(C)C(C)=O)c2I)C(C)=O)c1I.CNC[C@H](O)[C@@H](O)[C@H](O)[C@H](O)CO.CNC[C@H](O)[C@@H](O)[C@H](O)[C@H](O)CO. The van der Waals surface area contributed by atoms with Gasteiger partial charge in [-0.15, -0.1) is 0 Å². The number of benzene rings is 2. The van der Waals surface area contributed by atoms with Crippen LogP contribution in [0.25, 0.3) is 0 Å². The summed E-state index contributed by atoms with van der Waals surface area (Å²) in [4.78, 5) is 79.9. The summed E-state index contributed by atoms with van der Waals surface area (Å²) in [5.74, 6) is -4.01. The summed E-state index contributed by atoms with van der Waals surface area (Å²) in [6.07, 6.45) is -12.5. The second-order valence-corrected chi connectivity index (χ2v) is 24.4. The normalized spacial score (nSPS) is 14.9. The topological polar surface area (TPSA) is 441 Å². The first-order valence-electron chi connectivity index (χ1n) is 24.5. The van der Waals surface area contributed by atoms with E-state index >= 15 is 0 Å². The maximum Gasteiger partial charge on any atom is 0.338 e. The number of carbonyl (C=O) groups excluding carboxylic acids is 4. The smallest absolute Gasteiger partial charge is 0.338 e. The van der Waals surface area contributed by atoms with Crippen LogP contribution in [-0.2, 0) is 28.7 Å². The molecular weight excluding hydrogens is 1770 g/mol. The molecule has 16 N–H and O–H groups in total.